The summed E-state index contributed by atoms with van der Waals surface area (Å²) in [5, 5.41) is 14.8. The van der Waals surface area contributed by atoms with Gasteiger partial charge < -0.3 is 5.32 Å². The van der Waals surface area contributed by atoms with E-state index in [1.54, 1.807) is 0 Å². The number of hydrogen-bond donors (Lipinski definition) is 1. The van der Waals surface area contributed by atoms with Crippen molar-refractivity contribution in [2.45, 2.75) is 39.0 Å². The molecule has 0 radical (unpaired) electrons. The summed E-state index contributed by atoms with van der Waals surface area (Å²) < 4.78 is 1.99. The van der Waals surface area contributed by atoms with Crippen LogP contribution in [0.3, 0.4) is 0 Å². The number of hydrogen-bond acceptors (Lipinski definition) is 6. The third-order valence-corrected chi connectivity index (χ3v) is 6.61. The summed E-state index contributed by atoms with van der Waals surface area (Å²) in [5.74, 6) is 0.309. The molecule has 1 aromatic carbocycles. The van der Waals surface area contributed by atoms with Gasteiger partial charge in [-0.15, -0.1) is 21.5 Å². The zero-order valence-corrected chi connectivity index (χ0v) is 17.4. The lowest BCUT2D eigenvalue weighted by molar-refractivity contribution is -0.115. The molecule has 4 rings (SSSR count). The van der Waals surface area contributed by atoms with Crippen LogP contribution < -0.4 is 5.32 Å². The van der Waals surface area contributed by atoms with Gasteiger partial charge in [0.2, 0.25) is 11.0 Å². The molecule has 3 aromatic heterocycles. The molecule has 0 aliphatic carbocycles. The van der Waals surface area contributed by atoms with Gasteiger partial charge in [0, 0.05) is 28.8 Å². The van der Waals surface area contributed by atoms with Crippen LogP contribution in [0.5, 0.6) is 0 Å². The summed E-state index contributed by atoms with van der Waals surface area (Å²) in [6, 6.07) is 10.0. The van der Waals surface area contributed by atoms with E-state index in [1.807, 2.05) is 46.3 Å². The van der Waals surface area contributed by atoms with Crippen LogP contribution >= 0.6 is 22.7 Å². The molecule has 1 N–H and O–H groups in total. The van der Waals surface area contributed by atoms with Gasteiger partial charge in [0.15, 0.2) is 4.96 Å². The Morgan fingerprint density at radius 3 is 2.71 bits per heavy atom. The first-order valence-electron chi connectivity index (χ1n) is 9.32. The standard InChI is InChI=1S/C20H21N5OS2/c1-3-13(4-2)18-23-24-19(28-18)22-17(26)10-15-12-27-20-21-16(11-25(15)20)14-8-6-5-7-9-14/h5-9,11-13H,3-4,10H2,1-2H3,(H,22,24,26). The number of thiazole rings is 1. The maximum absolute atomic E-state index is 12.5. The Bertz CT molecular complexity index is 1080. The summed E-state index contributed by atoms with van der Waals surface area (Å²) >= 11 is 3.00. The molecule has 8 heteroatoms. The summed E-state index contributed by atoms with van der Waals surface area (Å²) in [7, 11) is 0. The van der Waals surface area contributed by atoms with Gasteiger partial charge in [-0.25, -0.2) is 4.98 Å². The number of aromatic nitrogens is 4. The molecule has 0 saturated heterocycles. The van der Waals surface area contributed by atoms with Crippen molar-refractivity contribution in [2.75, 3.05) is 5.32 Å². The average Bonchev–Trinajstić information content (AvgIpc) is 3.41. The minimum atomic E-state index is -0.0955. The number of nitrogens with one attached hydrogen (secondary N) is 1. The van der Waals surface area contributed by atoms with Crippen molar-refractivity contribution in [3.63, 3.8) is 0 Å². The molecule has 0 spiro atoms. The fraction of sp³-hybridized carbons (Fsp3) is 0.300. The van der Waals surface area contributed by atoms with Crippen LogP contribution in [0.25, 0.3) is 16.2 Å². The number of rotatable bonds is 7. The number of amides is 1. The van der Waals surface area contributed by atoms with E-state index in [2.05, 4.69) is 34.3 Å². The lowest BCUT2D eigenvalue weighted by Gasteiger charge is -2.05. The largest absolute Gasteiger partial charge is 0.300 e. The van der Waals surface area contributed by atoms with Crippen molar-refractivity contribution in [3.8, 4) is 11.3 Å². The number of benzene rings is 1. The van der Waals surface area contributed by atoms with Gasteiger partial charge in [0.25, 0.3) is 0 Å². The van der Waals surface area contributed by atoms with Gasteiger partial charge in [0.1, 0.15) is 5.01 Å². The lowest BCUT2D eigenvalue weighted by Crippen LogP contribution is -2.15. The minimum Gasteiger partial charge on any atom is -0.300 e. The van der Waals surface area contributed by atoms with Crippen LogP contribution in [-0.2, 0) is 11.2 Å². The average molecular weight is 412 g/mol. The highest BCUT2D eigenvalue weighted by atomic mass is 32.1. The fourth-order valence-corrected chi connectivity index (χ4v) is 5.02. The third kappa shape index (κ3) is 3.83. The summed E-state index contributed by atoms with van der Waals surface area (Å²) in [6.07, 6.45) is 4.30. The van der Waals surface area contributed by atoms with Gasteiger partial charge in [-0.2, -0.15) is 0 Å². The molecule has 28 heavy (non-hydrogen) atoms. The molecular formula is C20H21N5OS2. The van der Waals surface area contributed by atoms with Crippen molar-refractivity contribution < 1.29 is 4.79 Å². The highest BCUT2D eigenvalue weighted by Crippen LogP contribution is 2.28. The van der Waals surface area contributed by atoms with E-state index in [-0.39, 0.29) is 12.3 Å². The molecule has 0 unspecified atom stereocenters. The molecule has 144 valence electrons. The zero-order chi connectivity index (χ0) is 19.5. The molecule has 1 amide bonds. The van der Waals surface area contributed by atoms with Gasteiger partial charge in [-0.3, -0.25) is 9.20 Å². The molecule has 0 atom stereocenters. The van der Waals surface area contributed by atoms with Crippen LogP contribution in [-0.4, -0.2) is 25.5 Å². The summed E-state index contributed by atoms with van der Waals surface area (Å²) in [5.41, 5.74) is 2.89. The Kier molecular flexibility index (Phi) is 5.50. The van der Waals surface area contributed by atoms with E-state index in [0.29, 0.717) is 11.0 Å². The Hall–Kier alpha value is -2.58. The monoisotopic (exact) mass is 411 g/mol. The third-order valence-electron chi connectivity index (χ3n) is 4.72. The van der Waals surface area contributed by atoms with Crippen LogP contribution in [0.1, 0.15) is 43.3 Å². The van der Waals surface area contributed by atoms with Crippen molar-refractivity contribution >= 4 is 38.7 Å². The SMILES string of the molecule is CCC(CC)c1nnc(NC(=O)Cc2csc3nc(-c4ccccc4)cn23)s1. The number of fused-ring (bicyclic) bond motifs is 1. The second-order valence-electron chi connectivity index (χ2n) is 6.56. The number of carbonyl (C=O) groups excluding carboxylic acids is 1. The molecular weight excluding hydrogens is 390 g/mol. The molecule has 0 aliphatic heterocycles. The molecule has 0 fully saturated rings. The van der Waals surface area contributed by atoms with Crippen LogP contribution in [0, 0.1) is 0 Å². The second-order valence-corrected chi connectivity index (χ2v) is 8.40. The first-order valence-corrected chi connectivity index (χ1v) is 11.0. The quantitative estimate of drug-likeness (QED) is 0.464. The number of nitrogens with zero attached hydrogens (tertiary/aromatic N) is 4. The Morgan fingerprint density at radius 1 is 1.18 bits per heavy atom. The molecule has 0 aliphatic rings. The second kappa shape index (κ2) is 8.20. The lowest BCUT2D eigenvalue weighted by atomic mass is 10.1. The van der Waals surface area contributed by atoms with E-state index in [0.717, 1.165) is 39.8 Å². The van der Waals surface area contributed by atoms with E-state index in [9.17, 15) is 4.79 Å². The Morgan fingerprint density at radius 2 is 1.96 bits per heavy atom. The predicted octanol–water partition coefficient (Wildman–Crippen LogP) is 5.00. The number of imidazole rings is 1. The topological polar surface area (TPSA) is 72.2 Å². The Labute approximate surface area is 171 Å². The van der Waals surface area contributed by atoms with Crippen LogP contribution in [0.2, 0.25) is 0 Å². The fourth-order valence-electron chi connectivity index (χ4n) is 3.12. The van der Waals surface area contributed by atoms with E-state index >= 15 is 0 Å². The van der Waals surface area contributed by atoms with Gasteiger partial charge in [-0.1, -0.05) is 55.5 Å². The molecule has 4 aromatic rings. The predicted molar refractivity (Wildman–Crippen MR) is 114 cm³/mol. The van der Waals surface area contributed by atoms with Crippen molar-refractivity contribution in [2.24, 2.45) is 0 Å². The maximum Gasteiger partial charge on any atom is 0.232 e. The van der Waals surface area contributed by atoms with Gasteiger partial charge in [0.05, 0.1) is 12.1 Å². The highest BCUT2D eigenvalue weighted by molar-refractivity contribution is 7.15. The van der Waals surface area contributed by atoms with Crippen LogP contribution in [0.15, 0.2) is 41.9 Å². The molecule has 0 saturated carbocycles. The molecule has 3 heterocycles. The van der Waals surface area contributed by atoms with Gasteiger partial charge >= 0.3 is 0 Å². The first-order chi connectivity index (χ1) is 13.7. The normalized spacial score (nSPS) is 11.4. The molecule has 6 nitrogen and oxygen atoms in total. The molecule has 0 bridgehead atoms. The van der Waals surface area contributed by atoms with E-state index in [4.69, 9.17) is 0 Å². The number of carbonyl (C=O) groups is 1. The minimum absolute atomic E-state index is 0.0955. The highest BCUT2D eigenvalue weighted by Gasteiger charge is 2.16. The first kappa shape index (κ1) is 18.8. The van der Waals surface area contributed by atoms with Crippen molar-refractivity contribution in [3.05, 3.63) is 52.6 Å². The summed E-state index contributed by atoms with van der Waals surface area (Å²) in [6.45, 7) is 4.29. The van der Waals surface area contributed by atoms with E-state index < -0.39 is 0 Å². The van der Waals surface area contributed by atoms with Crippen molar-refractivity contribution in [1.82, 2.24) is 19.6 Å². The van der Waals surface area contributed by atoms with Crippen LogP contribution in [0.4, 0.5) is 5.13 Å². The zero-order valence-electron chi connectivity index (χ0n) is 15.8. The maximum atomic E-state index is 12.5. The summed E-state index contributed by atoms with van der Waals surface area (Å²) in [4.78, 5) is 18.1. The van der Waals surface area contributed by atoms with Gasteiger partial charge in [-0.05, 0) is 12.8 Å². The van der Waals surface area contributed by atoms with Crippen molar-refractivity contribution in [1.29, 1.82) is 0 Å². The Balaban J connectivity index is 1.47. The van der Waals surface area contributed by atoms with E-state index in [1.165, 1.54) is 22.7 Å². The smallest absolute Gasteiger partial charge is 0.232 e. The number of anilines is 1.